The summed E-state index contributed by atoms with van der Waals surface area (Å²) in [4.78, 5) is 12.9. The third kappa shape index (κ3) is 4.13. The average molecular weight is 587 g/mol. The highest BCUT2D eigenvalue weighted by atomic mass is 16.5. The van der Waals surface area contributed by atoms with E-state index in [0.29, 0.717) is 24.2 Å². The van der Waals surface area contributed by atoms with Gasteiger partial charge < -0.3 is 25.2 Å². The predicted molar refractivity (Wildman–Crippen MR) is 163 cm³/mol. The Morgan fingerprint density at radius 1 is 0.881 bits per heavy atom. The lowest BCUT2D eigenvalue weighted by atomic mass is 9.33. The van der Waals surface area contributed by atoms with E-state index >= 15 is 0 Å². The number of ether oxygens (including phenoxy) is 1. The molecule has 0 radical (unpaired) electrons. The monoisotopic (exact) mass is 586 g/mol. The highest BCUT2D eigenvalue weighted by Gasteiger charge is 2.69. The summed E-state index contributed by atoms with van der Waals surface area (Å²) < 4.78 is 5.88. The molecular formula is C36H58O6. The van der Waals surface area contributed by atoms with Crippen molar-refractivity contribution in [2.45, 2.75) is 144 Å². The van der Waals surface area contributed by atoms with Crippen LogP contribution in [0.5, 0.6) is 0 Å². The molecule has 0 aromatic rings. The minimum absolute atomic E-state index is 0.0267. The van der Waals surface area contributed by atoms with E-state index in [9.17, 15) is 25.2 Å². The lowest BCUT2D eigenvalue weighted by molar-refractivity contribution is -0.213. The van der Waals surface area contributed by atoms with Crippen molar-refractivity contribution >= 4 is 5.97 Å². The van der Waals surface area contributed by atoms with Gasteiger partial charge in [-0.1, -0.05) is 60.1 Å². The number of carboxylic acid groups (broad SMARTS) is 1. The van der Waals surface area contributed by atoms with Gasteiger partial charge in [-0.3, -0.25) is 4.79 Å². The Balaban J connectivity index is 1.30. The summed E-state index contributed by atoms with van der Waals surface area (Å²) in [7, 11) is 0. The molecule has 0 bridgehead atoms. The number of aliphatic hydroxyl groups is 3. The van der Waals surface area contributed by atoms with Gasteiger partial charge in [0.2, 0.25) is 0 Å². The molecule has 0 spiro atoms. The Hall–Kier alpha value is -0.950. The van der Waals surface area contributed by atoms with Crippen molar-refractivity contribution in [3.8, 4) is 0 Å². The van der Waals surface area contributed by atoms with Crippen molar-refractivity contribution in [1.29, 1.82) is 0 Å². The maximum absolute atomic E-state index is 12.9. The molecule has 42 heavy (non-hydrogen) atoms. The molecule has 12 atom stereocenters. The summed E-state index contributed by atoms with van der Waals surface area (Å²) in [5, 5.41) is 41.6. The van der Waals surface area contributed by atoms with Crippen molar-refractivity contribution in [2.24, 2.45) is 56.2 Å². The smallest absolute Gasteiger partial charge is 0.310 e. The minimum Gasteiger partial charge on any atom is -0.481 e. The van der Waals surface area contributed by atoms with Crippen molar-refractivity contribution in [1.82, 2.24) is 0 Å². The van der Waals surface area contributed by atoms with Crippen LogP contribution in [0, 0.1) is 56.2 Å². The first-order valence-electron chi connectivity index (χ1n) is 17.0. The molecular weight excluding hydrogens is 528 g/mol. The fourth-order valence-corrected chi connectivity index (χ4v) is 12.5. The molecule has 5 fully saturated rings. The zero-order valence-electron chi connectivity index (χ0n) is 27.3. The fourth-order valence-electron chi connectivity index (χ4n) is 12.5. The summed E-state index contributed by atoms with van der Waals surface area (Å²) in [5.41, 5.74) is 1.48. The SMILES string of the molecule is CC1(C)CC[C@]2(C(=O)O)CC[C@]3(C)C(=CCC4[C@@]5(C)CC[C@H](C[C@@H]6OC[C@@H](O)C(O)[C@@H]6O)C(C)(C)C5CC[C@]43C)C2C1. The lowest BCUT2D eigenvalue weighted by Gasteiger charge is -2.71. The summed E-state index contributed by atoms with van der Waals surface area (Å²) in [5.74, 6) is 1.06. The zero-order chi connectivity index (χ0) is 30.7. The van der Waals surface area contributed by atoms with E-state index in [0.717, 1.165) is 51.4 Å². The molecule has 0 amide bonds. The normalized spacial score (nSPS) is 53.0. The zero-order valence-corrected chi connectivity index (χ0v) is 27.3. The summed E-state index contributed by atoms with van der Waals surface area (Å²) in [6.45, 7) is 17.3. The lowest BCUT2D eigenvalue weighted by Crippen LogP contribution is -2.64. The van der Waals surface area contributed by atoms with Gasteiger partial charge in [-0.05, 0) is 121 Å². The molecule has 238 valence electrons. The molecule has 1 heterocycles. The number of hydrogen-bond acceptors (Lipinski definition) is 5. The van der Waals surface area contributed by atoms with Crippen LogP contribution in [-0.4, -0.2) is 57.4 Å². The molecule has 0 aromatic heterocycles. The van der Waals surface area contributed by atoms with E-state index in [1.54, 1.807) is 0 Å². The number of carbonyl (C=O) groups is 1. The first-order valence-corrected chi connectivity index (χ1v) is 17.0. The van der Waals surface area contributed by atoms with Crippen LogP contribution in [0.15, 0.2) is 11.6 Å². The number of aliphatic carboxylic acids is 1. The van der Waals surface area contributed by atoms with E-state index in [4.69, 9.17) is 4.74 Å². The summed E-state index contributed by atoms with van der Waals surface area (Å²) in [6, 6.07) is 0. The van der Waals surface area contributed by atoms with Gasteiger partial charge in [-0.25, -0.2) is 0 Å². The van der Waals surface area contributed by atoms with E-state index in [1.807, 2.05) is 0 Å². The van der Waals surface area contributed by atoms with Crippen molar-refractivity contribution in [3.05, 3.63) is 11.6 Å². The second-order valence-electron chi connectivity index (χ2n) is 17.9. The Kier molecular flexibility index (Phi) is 7.23. The molecule has 6 rings (SSSR count). The van der Waals surface area contributed by atoms with Gasteiger partial charge in [0.15, 0.2) is 0 Å². The second-order valence-corrected chi connectivity index (χ2v) is 17.9. The van der Waals surface area contributed by atoms with Gasteiger partial charge in [0.05, 0.1) is 18.1 Å². The van der Waals surface area contributed by atoms with Gasteiger partial charge in [-0.15, -0.1) is 0 Å². The Morgan fingerprint density at radius 2 is 1.57 bits per heavy atom. The second kappa shape index (κ2) is 9.77. The number of hydrogen-bond donors (Lipinski definition) is 4. The number of rotatable bonds is 3. The number of fused-ring (bicyclic) bond motifs is 7. The largest absolute Gasteiger partial charge is 0.481 e. The molecule has 4 N–H and O–H groups in total. The standard InChI is InChI=1S/C36H58O6/c1-31(2)14-16-36(30(40)41)17-15-34(6)22(23(36)19-31)8-9-27-33(5)12-10-21(18-25-29(39)28(38)24(37)20-42-25)32(3,4)26(33)11-13-35(27,34)7/h8,21,23-29,37-39H,9-20H2,1-7H3,(H,40,41)/t21-,23?,24-,25+,26?,27?,28?,29-,33+,34-,35-,36+/m1/s1. The summed E-state index contributed by atoms with van der Waals surface area (Å²) in [6.07, 6.45) is 9.78. The van der Waals surface area contributed by atoms with E-state index < -0.39 is 35.8 Å². The van der Waals surface area contributed by atoms with Crippen LogP contribution >= 0.6 is 0 Å². The topological polar surface area (TPSA) is 107 Å². The third-order valence-electron chi connectivity index (χ3n) is 15.4. The Morgan fingerprint density at radius 3 is 2.26 bits per heavy atom. The molecule has 4 unspecified atom stereocenters. The predicted octanol–water partition coefficient (Wildman–Crippen LogP) is 6.36. The number of allylic oxidation sites excluding steroid dienone is 2. The van der Waals surface area contributed by atoms with Gasteiger partial charge in [0, 0.05) is 0 Å². The fraction of sp³-hybridized carbons (Fsp3) is 0.917. The molecule has 6 aliphatic rings. The number of carboxylic acids is 1. The maximum Gasteiger partial charge on any atom is 0.310 e. The van der Waals surface area contributed by atoms with Crippen LogP contribution in [0.1, 0.15) is 119 Å². The average Bonchev–Trinajstić information content (AvgIpc) is 2.90. The van der Waals surface area contributed by atoms with Crippen molar-refractivity contribution in [3.63, 3.8) is 0 Å². The first kappa shape index (κ1) is 31.0. The van der Waals surface area contributed by atoms with Crippen molar-refractivity contribution < 1.29 is 30.0 Å². The van der Waals surface area contributed by atoms with E-state index in [-0.39, 0.29) is 39.6 Å². The minimum atomic E-state index is -1.15. The Labute approximate surface area is 253 Å². The number of aliphatic hydroxyl groups excluding tert-OH is 3. The van der Waals surface area contributed by atoms with Gasteiger partial charge in [-0.2, -0.15) is 0 Å². The molecule has 1 aliphatic heterocycles. The van der Waals surface area contributed by atoms with E-state index in [1.165, 1.54) is 18.4 Å². The molecule has 4 saturated carbocycles. The van der Waals surface area contributed by atoms with Gasteiger partial charge in [0.25, 0.3) is 0 Å². The molecule has 6 heteroatoms. The Bertz CT molecular complexity index is 1130. The highest BCUT2D eigenvalue weighted by molar-refractivity contribution is 5.76. The van der Waals surface area contributed by atoms with Crippen LogP contribution in [0.4, 0.5) is 0 Å². The molecule has 6 nitrogen and oxygen atoms in total. The van der Waals surface area contributed by atoms with Crippen molar-refractivity contribution in [2.75, 3.05) is 6.61 Å². The van der Waals surface area contributed by atoms with Crippen LogP contribution in [0.25, 0.3) is 0 Å². The van der Waals surface area contributed by atoms with Crippen LogP contribution in [0.3, 0.4) is 0 Å². The molecule has 0 aromatic carbocycles. The van der Waals surface area contributed by atoms with Crippen LogP contribution in [-0.2, 0) is 9.53 Å². The molecule has 5 aliphatic carbocycles. The van der Waals surface area contributed by atoms with E-state index in [2.05, 4.69) is 54.5 Å². The summed E-state index contributed by atoms with van der Waals surface area (Å²) >= 11 is 0. The highest BCUT2D eigenvalue weighted by Crippen LogP contribution is 2.76. The first-order chi connectivity index (χ1) is 19.4. The van der Waals surface area contributed by atoms with Crippen LogP contribution in [0.2, 0.25) is 0 Å². The quantitative estimate of drug-likeness (QED) is 0.287. The van der Waals surface area contributed by atoms with Crippen LogP contribution < -0.4 is 0 Å². The van der Waals surface area contributed by atoms with Gasteiger partial charge in [0.1, 0.15) is 18.3 Å². The van der Waals surface area contributed by atoms with Gasteiger partial charge >= 0.3 is 5.97 Å². The molecule has 1 saturated heterocycles. The third-order valence-corrected chi connectivity index (χ3v) is 15.4. The maximum atomic E-state index is 12.9.